The Hall–Kier alpha value is -3.21. The zero-order valence-corrected chi connectivity index (χ0v) is 17.4. The lowest BCUT2D eigenvalue weighted by Gasteiger charge is -2.29. The van der Waals surface area contributed by atoms with Gasteiger partial charge in [0.15, 0.2) is 0 Å². The second-order valence-corrected chi connectivity index (χ2v) is 7.78. The molecule has 3 N–H and O–H groups in total. The van der Waals surface area contributed by atoms with Gasteiger partial charge in [0.1, 0.15) is 29.9 Å². The van der Waals surface area contributed by atoms with Crippen LogP contribution in [0.3, 0.4) is 0 Å². The lowest BCUT2D eigenvalue weighted by atomic mass is 10.1. The fraction of sp³-hybridized carbons (Fsp3) is 0.476. The molecule has 0 radical (unpaired) electrons. The van der Waals surface area contributed by atoms with Gasteiger partial charge in [-0.25, -0.2) is 23.5 Å². The molecule has 2 fully saturated rings. The van der Waals surface area contributed by atoms with Crippen LogP contribution < -0.4 is 15.4 Å². The quantitative estimate of drug-likeness (QED) is 0.588. The molecule has 2 aromatic rings. The Morgan fingerprint density at radius 2 is 1.91 bits per heavy atom. The second kappa shape index (κ2) is 9.94. The van der Waals surface area contributed by atoms with Crippen LogP contribution in [0, 0.1) is 11.6 Å². The average Bonchev–Trinajstić information content (AvgIpc) is 3.29. The van der Waals surface area contributed by atoms with Crippen LogP contribution in [-0.4, -0.2) is 64.5 Å². The number of rotatable bonds is 7. The van der Waals surface area contributed by atoms with Gasteiger partial charge in [0.25, 0.3) is 0 Å². The molecular weight excluding hydrogens is 424 g/mol. The molecule has 3 heterocycles. The molecule has 0 saturated carbocycles. The van der Waals surface area contributed by atoms with Gasteiger partial charge in [-0.3, -0.25) is 0 Å². The van der Waals surface area contributed by atoms with Gasteiger partial charge < -0.3 is 30.1 Å². The monoisotopic (exact) mass is 449 g/mol. The molecule has 4 rings (SSSR count). The van der Waals surface area contributed by atoms with Crippen molar-refractivity contribution in [1.29, 1.82) is 0 Å². The minimum Gasteiger partial charge on any atom is -0.474 e. The highest BCUT2D eigenvalue weighted by atomic mass is 19.1. The number of carbonyl (C=O) groups is 1. The first-order chi connectivity index (χ1) is 15.5. The van der Waals surface area contributed by atoms with E-state index < -0.39 is 17.7 Å². The molecule has 1 aromatic heterocycles. The summed E-state index contributed by atoms with van der Waals surface area (Å²) in [7, 11) is 0. The van der Waals surface area contributed by atoms with E-state index >= 15 is 0 Å². The molecule has 9 nitrogen and oxygen atoms in total. The molecule has 0 aliphatic carbocycles. The molecule has 1 unspecified atom stereocenters. The molecule has 1 amide bonds. The largest absolute Gasteiger partial charge is 0.474 e. The molecule has 2 saturated heterocycles. The molecule has 0 spiro atoms. The van der Waals surface area contributed by atoms with E-state index in [4.69, 9.17) is 14.6 Å². The van der Waals surface area contributed by atoms with Crippen molar-refractivity contribution in [3.8, 4) is 5.88 Å². The van der Waals surface area contributed by atoms with Crippen molar-refractivity contribution in [3.63, 3.8) is 0 Å². The Morgan fingerprint density at radius 3 is 2.62 bits per heavy atom. The number of halogens is 2. The lowest BCUT2D eigenvalue weighted by Crippen LogP contribution is -2.41. The lowest BCUT2D eigenvalue weighted by molar-refractivity contribution is 0.0870. The summed E-state index contributed by atoms with van der Waals surface area (Å²) in [6, 6.07) is 3.66. The summed E-state index contributed by atoms with van der Waals surface area (Å²) in [6.45, 7) is 1.88. The first-order valence-electron chi connectivity index (χ1n) is 10.6. The number of anilines is 3. The van der Waals surface area contributed by atoms with Gasteiger partial charge in [0.05, 0.1) is 17.5 Å². The SMILES string of the molecule is O=C(O)N1CCC(Oc2cc(Nc3cc(F)c(NCC4CCCO4)cc3F)ncn2)CC1. The Labute approximate surface area is 183 Å². The third-order valence-electron chi connectivity index (χ3n) is 5.51. The molecule has 1 aromatic carbocycles. The maximum Gasteiger partial charge on any atom is 0.407 e. The van der Waals surface area contributed by atoms with Crippen molar-refractivity contribution in [2.24, 2.45) is 0 Å². The highest BCUT2D eigenvalue weighted by molar-refractivity contribution is 5.65. The van der Waals surface area contributed by atoms with Crippen molar-refractivity contribution < 1.29 is 28.2 Å². The van der Waals surface area contributed by atoms with E-state index in [1.54, 1.807) is 0 Å². The van der Waals surface area contributed by atoms with Crippen LogP contribution in [0.15, 0.2) is 24.5 Å². The number of carboxylic acid groups (broad SMARTS) is 1. The van der Waals surface area contributed by atoms with Crippen LogP contribution in [0.4, 0.5) is 30.8 Å². The minimum absolute atomic E-state index is 0.00562. The average molecular weight is 449 g/mol. The van der Waals surface area contributed by atoms with Crippen LogP contribution in [-0.2, 0) is 4.74 Å². The van der Waals surface area contributed by atoms with Crippen molar-refractivity contribution in [2.75, 3.05) is 36.9 Å². The Morgan fingerprint density at radius 1 is 1.16 bits per heavy atom. The van der Waals surface area contributed by atoms with Crippen LogP contribution in [0.1, 0.15) is 25.7 Å². The van der Waals surface area contributed by atoms with Gasteiger partial charge in [0, 0.05) is 57.3 Å². The summed E-state index contributed by atoms with van der Waals surface area (Å²) < 4.78 is 40.3. The smallest absolute Gasteiger partial charge is 0.407 e. The van der Waals surface area contributed by atoms with Gasteiger partial charge in [-0.2, -0.15) is 0 Å². The molecule has 1 atom stereocenters. The highest BCUT2D eigenvalue weighted by Gasteiger charge is 2.24. The van der Waals surface area contributed by atoms with Crippen LogP contribution in [0.25, 0.3) is 0 Å². The molecular formula is C21H25F2N5O4. The number of nitrogens with one attached hydrogen (secondary N) is 2. The molecule has 172 valence electrons. The zero-order chi connectivity index (χ0) is 22.5. The standard InChI is InChI=1S/C21H25F2N5O4/c22-15-9-18(16(23)8-17(15)24-11-14-2-1-7-31-14)27-19-10-20(26-12-25-19)32-13-3-5-28(6-4-13)21(29)30/h8-10,12-14,24H,1-7,11H2,(H,29,30)(H,25,26,27). The Balaban J connectivity index is 1.36. The number of ether oxygens (including phenoxy) is 2. The second-order valence-electron chi connectivity index (χ2n) is 7.78. The van der Waals surface area contributed by atoms with Crippen molar-refractivity contribution >= 4 is 23.3 Å². The first-order valence-corrected chi connectivity index (χ1v) is 10.6. The summed E-state index contributed by atoms with van der Waals surface area (Å²) in [5, 5.41) is 14.7. The van der Waals surface area contributed by atoms with Gasteiger partial charge in [-0.1, -0.05) is 0 Å². The first kappa shape index (κ1) is 22.0. The van der Waals surface area contributed by atoms with Crippen molar-refractivity contribution in [1.82, 2.24) is 14.9 Å². The van der Waals surface area contributed by atoms with E-state index in [9.17, 15) is 13.6 Å². The number of hydrogen-bond acceptors (Lipinski definition) is 7. The maximum absolute atomic E-state index is 14.6. The van der Waals surface area contributed by atoms with Crippen LogP contribution in [0.5, 0.6) is 5.88 Å². The normalized spacial score (nSPS) is 19.1. The van der Waals surface area contributed by atoms with Crippen LogP contribution in [0.2, 0.25) is 0 Å². The van der Waals surface area contributed by atoms with Crippen LogP contribution >= 0.6 is 0 Å². The number of nitrogens with zero attached hydrogens (tertiary/aromatic N) is 3. The third kappa shape index (κ3) is 5.52. The van der Waals surface area contributed by atoms with E-state index in [0.29, 0.717) is 39.1 Å². The topological polar surface area (TPSA) is 109 Å². The summed E-state index contributed by atoms with van der Waals surface area (Å²) in [6.07, 6.45) is 3.09. The number of piperidine rings is 1. The van der Waals surface area contributed by atoms with Crippen molar-refractivity contribution in [3.05, 3.63) is 36.2 Å². The number of likely N-dealkylation sites (tertiary alicyclic amines) is 1. The fourth-order valence-corrected chi connectivity index (χ4v) is 3.75. The summed E-state index contributed by atoms with van der Waals surface area (Å²) in [5.74, 6) is -0.714. The fourth-order valence-electron chi connectivity index (χ4n) is 3.75. The summed E-state index contributed by atoms with van der Waals surface area (Å²) in [4.78, 5) is 20.4. The van der Waals surface area contributed by atoms with Crippen molar-refractivity contribution in [2.45, 2.75) is 37.9 Å². The zero-order valence-electron chi connectivity index (χ0n) is 17.4. The Bertz CT molecular complexity index is 950. The summed E-state index contributed by atoms with van der Waals surface area (Å²) in [5.41, 5.74) is 0.00699. The van der Waals surface area contributed by atoms with Gasteiger partial charge in [0.2, 0.25) is 5.88 Å². The van der Waals surface area contributed by atoms with Gasteiger partial charge in [-0.15, -0.1) is 0 Å². The van der Waals surface area contributed by atoms with E-state index in [1.807, 2.05) is 0 Å². The molecule has 2 aliphatic heterocycles. The predicted molar refractivity (Wildman–Crippen MR) is 112 cm³/mol. The molecule has 2 aliphatic rings. The maximum atomic E-state index is 14.6. The third-order valence-corrected chi connectivity index (χ3v) is 5.51. The van der Waals surface area contributed by atoms with Gasteiger partial charge >= 0.3 is 6.09 Å². The number of aromatic nitrogens is 2. The highest BCUT2D eigenvalue weighted by Crippen LogP contribution is 2.27. The molecule has 0 bridgehead atoms. The number of amides is 1. The minimum atomic E-state index is -0.945. The van der Waals surface area contributed by atoms with E-state index in [1.165, 1.54) is 17.3 Å². The van der Waals surface area contributed by atoms with E-state index in [0.717, 1.165) is 25.0 Å². The Kier molecular flexibility index (Phi) is 6.84. The number of benzene rings is 1. The van der Waals surface area contributed by atoms with E-state index in [2.05, 4.69) is 20.6 Å². The summed E-state index contributed by atoms with van der Waals surface area (Å²) >= 11 is 0. The van der Waals surface area contributed by atoms with Gasteiger partial charge in [-0.05, 0) is 12.8 Å². The number of hydrogen-bond donors (Lipinski definition) is 3. The molecule has 32 heavy (non-hydrogen) atoms. The molecule has 11 heteroatoms. The van der Waals surface area contributed by atoms with E-state index in [-0.39, 0.29) is 35.3 Å². The predicted octanol–water partition coefficient (Wildman–Crippen LogP) is 3.61.